The maximum absolute atomic E-state index is 14.6. The van der Waals surface area contributed by atoms with E-state index in [2.05, 4.69) is 0 Å². The molecule has 0 saturated carbocycles. The summed E-state index contributed by atoms with van der Waals surface area (Å²) in [7, 11) is -1.10. The molecule has 3 rings (SSSR count). The molecule has 2 saturated heterocycles. The number of halogens is 1. The highest BCUT2D eigenvalue weighted by Crippen LogP contribution is 2.38. The van der Waals surface area contributed by atoms with Crippen molar-refractivity contribution in [2.75, 3.05) is 6.61 Å². The second-order valence-corrected chi connectivity index (χ2v) is 7.67. The maximum Gasteiger partial charge on any atom is 0.525 e. The standard InChI is InChI=1S/C18H25BFNO4/c1-17(2)18(3,4)25-19(24-17)15(20)11-13-7-5-9-21(16(13)22)12-14-8-6-10-23-14/h5,7,9,11,14H,6,8,10,12H2,1-4H3. The number of ether oxygens (including phenoxy) is 1. The van der Waals surface area contributed by atoms with Crippen LogP contribution in [0.1, 0.15) is 46.1 Å². The summed E-state index contributed by atoms with van der Waals surface area (Å²) in [5.74, 6) is 0. The Bertz CT molecular complexity index is 706. The van der Waals surface area contributed by atoms with Gasteiger partial charge >= 0.3 is 7.12 Å². The lowest BCUT2D eigenvalue weighted by Gasteiger charge is -2.32. The van der Waals surface area contributed by atoms with E-state index in [1.807, 2.05) is 27.7 Å². The van der Waals surface area contributed by atoms with E-state index in [0.29, 0.717) is 6.54 Å². The van der Waals surface area contributed by atoms with Crippen LogP contribution in [0.3, 0.4) is 0 Å². The molecule has 0 aliphatic carbocycles. The molecule has 2 fully saturated rings. The minimum absolute atomic E-state index is 0.0462. The van der Waals surface area contributed by atoms with Crippen molar-refractivity contribution >= 4 is 13.2 Å². The van der Waals surface area contributed by atoms with Crippen molar-refractivity contribution in [1.29, 1.82) is 0 Å². The van der Waals surface area contributed by atoms with Crippen LogP contribution in [0.25, 0.3) is 6.08 Å². The van der Waals surface area contributed by atoms with Gasteiger partial charge in [-0.05, 0) is 58.7 Å². The summed E-state index contributed by atoms with van der Waals surface area (Å²) in [6, 6.07) is 3.33. The Hall–Kier alpha value is -1.44. The van der Waals surface area contributed by atoms with Gasteiger partial charge in [-0.25, -0.2) is 4.39 Å². The predicted molar refractivity (Wildman–Crippen MR) is 94.8 cm³/mol. The van der Waals surface area contributed by atoms with Gasteiger partial charge in [0.2, 0.25) is 0 Å². The zero-order chi connectivity index (χ0) is 18.2. The van der Waals surface area contributed by atoms with Gasteiger partial charge in [-0.1, -0.05) is 0 Å². The normalized spacial score (nSPS) is 25.6. The predicted octanol–water partition coefficient (Wildman–Crippen LogP) is 2.97. The largest absolute Gasteiger partial charge is 0.525 e. The Morgan fingerprint density at radius 1 is 1.36 bits per heavy atom. The van der Waals surface area contributed by atoms with Gasteiger partial charge in [0.05, 0.1) is 23.9 Å². The average Bonchev–Trinajstić information content (AvgIpc) is 3.09. The van der Waals surface area contributed by atoms with Crippen LogP contribution in [0.5, 0.6) is 0 Å². The Balaban J connectivity index is 1.80. The molecule has 136 valence electrons. The first-order valence-electron chi connectivity index (χ1n) is 8.73. The Labute approximate surface area is 147 Å². The average molecular weight is 349 g/mol. The van der Waals surface area contributed by atoms with Crippen LogP contribution < -0.4 is 5.56 Å². The zero-order valence-electron chi connectivity index (χ0n) is 15.3. The molecule has 5 nitrogen and oxygen atoms in total. The molecule has 0 aromatic carbocycles. The summed E-state index contributed by atoms with van der Waals surface area (Å²) in [5.41, 5.74) is -1.83. The number of rotatable bonds is 4. The fourth-order valence-electron chi connectivity index (χ4n) is 2.99. The third-order valence-electron chi connectivity index (χ3n) is 5.25. The van der Waals surface area contributed by atoms with Crippen molar-refractivity contribution in [3.8, 4) is 0 Å². The molecular formula is C18H25BFNO4. The van der Waals surface area contributed by atoms with E-state index < -0.39 is 24.0 Å². The first-order valence-corrected chi connectivity index (χ1v) is 8.73. The quantitative estimate of drug-likeness (QED) is 0.785. The van der Waals surface area contributed by atoms with E-state index in [9.17, 15) is 9.18 Å². The third-order valence-corrected chi connectivity index (χ3v) is 5.25. The summed E-state index contributed by atoms with van der Waals surface area (Å²) < 4.78 is 33.1. The summed E-state index contributed by atoms with van der Waals surface area (Å²) in [6.45, 7) is 8.65. The fraction of sp³-hybridized carbons (Fsp3) is 0.611. The monoisotopic (exact) mass is 349 g/mol. The lowest BCUT2D eigenvalue weighted by atomic mass is 9.87. The maximum atomic E-state index is 14.6. The molecule has 0 amide bonds. The molecule has 0 bridgehead atoms. The van der Waals surface area contributed by atoms with Crippen molar-refractivity contribution < 1.29 is 18.4 Å². The van der Waals surface area contributed by atoms with Crippen LogP contribution in [-0.4, -0.2) is 35.6 Å². The smallest absolute Gasteiger partial charge is 0.398 e. The molecule has 0 N–H and O–H groups in total. The first kappa shape index (κ1) is 18.4. The van der Waals surface area contributed by atoms with Crippen molar-refractivity contribution in [3.05, 3.63) is 40.0 Å². The minimum atomic E-state index is -1.10. The van der Waals surface area contributed by atoms with Crippen molar-refractivity contribution in [3.63, 3.8) is 0 Å². The minimum Gasteiger partial charge on any atom is -0.398 e. The molecule has 3 heterocycles. The zero-order valence-corrected chi connectivity index (χ0v) is 15.3. The van der Waals surface area contributed by atoms with Crippen LogP contribution in [0.4, 0.5) is 4.39 Å². The number of hydrogen-bond donors (Lipinski definition) is 0. The van der Waals surface area contributed by atoms with Gasteiger partial charge in [-0.2, -0.15) is 0 Å². The van der Waals surface area contributed by atoms with E-state index in [4.69, 9.17) is 14.0 Å². The van der Waals surface area contributed by atoms with Crippen LogP contribution in [-0.2, 0) is 20.6 Å². The Morgan fingerprint density at radius 2 is 2.04 bits per heavy atom. The molecule has 1 unspecified atom stereocenters. The molecule has 2 aliphatic heterocycles. The topological polar surface area (TPSA) is 49.7 Å². The highest BCUT2D eigenvalue weighted by Gasteiger charge is 2.53. The molecule has 1 aromatic rings. The van der Waals surface area contributed by atoms with Gasteiger partial charge in [-0.3, -0.25) is 4.79 Å². The van der Waals surface area contributed by atoms with E-state index in [0.717, 1.165) is 19.4 Å². The highest BCUT2D eigenvalue weighted by molar-refractivity contribution is 6.54. The first-order chi connectivity index (χ1) is 11.7. The van der Waals surface area contributed by atoms with Crippen molar-refractivity contribution in [2.24, 2.45) is 0 Å². The second-order valence-electron chi connectivity index (χ2n) is 7.67. The van der Waals surface area contributed by atoms with Gasteiger partial charge in [0.1, 0.15) is 5.73 Å². The van der Waals surface area contributed by atoms with Crippen LogP contribution >= 0.6 is 0 Å². The molecule has 0 radical (unpaired) electrons. The lowest BCUT2D eigenvalue weighted by molar-refractivity contribution is 0.00578. The summed E-state index contributed by atoms with van der Waals surface area (Å²) >= 11 is 0. The van der Waals surface area contributed by atoms with E-state index in [-0.39, 0.29) is 17.2 Å². The van der Waals surface area contributed by atoms with Gasteiger partial charge in [0, 0.05) is 18.4 Å². The van der Waals surface area contributed by atoms with Crippen LogP contribution in [0.15, 0.2) is 28.9 Å². The van der Waals surface area contributed by atoms with Gasteiger partial charge < -0.3 is 18.6 Å². The summed E-state index contributed by atoms with van der Waals surface area (Å²) in [5, 5.41) is 0. The molecule has 0 spiro atoms. The SMILES string of the molecule is CC1(C)OB(C(F)=Cc2cccn(CC3CCCO3)c2=O)OC1(C)C. The van der Waals surface area contributed by atoms with Crippen LogP contribution in [0, 0.1) is 0 Å². The van der Waals surface area contributed by atoms with Gasteiger partial charge in [0.25, 0.3) is 5.56 Å². The molecule has 25 heavy (non-hydrogen) atoms. The molecule has 1 atom stereocenters. The summed E-state index contributed by atoms with van der Waals surface area (Å²) in [4.78, 5) is 12.6. The molecule has 7 heteroatoms. The second kappa shape index (κ2) is 6.70. The number of nitrogens with zero attached hydrogens (tertiary/aromatic N) is 1. The molecule has 1 aromatic heterocycles. The Morgan fingerprint density at radius 3 is 2.64 bits per heavy atom. The van der Waals surface area contributed by atoms with Crippen LogP contribution in [0.2, 0.25) is 0 Å². The van der Waals surface area contributed by atoms with E-state index in [1.165, 1.54) is 6.08 Å². The third kappa shape index (κ3) is 3.73. The van der Waals surface area contributed by atoms with Gasteiger partial charge in [-0.15, -0.1) is 0 Å². The molecular weight excluding hydrogens is 324 g/mol. The number of aromatic nitrogens is 1. The molecule has 2 aliphatic rings. The van der Waals surface area contributed by atoms with E-state index >= 15 is 0 Å². The number of pyridine rings is 1. The van der Waals surface area contributed by atoms with Crippen molar-refractivity contribution in [1.82, 2.24) is 4.57 Å². The van der Waals surface area contributed by atoms with Crippen molar-refractivity contribution in [2.45, 2.75) is 64.4 Å². The van der Waals surface area contributed by atoms with E-state index in [1.54, 1.807) is 22.9 Å². The Kier molecular flexibility index (Phi) is 4.92. The summed E-state index contributed by atoms with van der Waals surface area (Å²) in [6.07, 6.45) is 4.90. The lowest BCUT2D eigenvalue weighted by Crippen LogP contribution is -2.41. The van der Waals surface area contributed by atoms with Gasteiger partial charge in [0.15, 0.2) is 0 Å². The number of hydrogen-bond acceptors (Lipinski definition) is 4. The highest BCUT2D eigenvalue weighted by atomic mass is 19.1. The fourth-order valence-corrected chi connectivity index (χ4v) is 2.99.